The molecule has 0 fully saturated rings. The Hall–Kier alpha value is -1.67. The maximum absolute atomic E-state index is 10.6. The minimum absolute atomic E-state index is 0.208. The van der Waals surface area contributed by atoms with Gasteiger partial charge in [-0.15, -0.1) is 0 Å². The number of aryl methyl sites for hydroxylation is 3. The Bertz CT molecular complexity index is 608. The van der Waals surface area contributed by atoms with Gasteiger partial charge in [-0.1, -0.05) is 35.9 Å². The summed E-state index contributed by atoms with van der Waals surface area (Å²) in [5.41, 5.74) is 5.04. The molecular formula is C19H23NO. The first-order chi connectivity index (χ1) is 10.2. The summed E-state index contributed by atoms with van der Waals surface area (Å²) in [6, 6.07) is 12.7. The van der Waals surface area contributed by atoms with Gasteiger partial charge >= 0.3 is 0 Å². The second-order valence-corrected chi connectivity index (χ2v) is 6.14. The van der Waals surface area contributed by atoms with Gasteiger partial charge in [-0.2, -0.15) is 0 Å². The highest BCUT2D eigenvalue weighted by atomic mass is 16.3. The zero-order chi connectivity index (χ0) is 14.7. The van der Waals surface area contributed by atoms with Crippen LogP contribution in [-0.2, 0) is 12.8 Å². The van der Waals surface area contributed by atoms with Crippen LogP contribution in [0, 0.1) is 6.92 Å². The Balaban J connectivity index is 1.67. The van der Waals surface area contributed by atoms with Crippen molar-refractivity contribution in [2.24, 2.45) is 0 Å². The fourth-order valence-electron chi connectivity index (χ4n) is 3.40. The van der Waals surface area contributed by atoms with Crippen LogP contribution in [0.3, 0.4) is 0 Å². The third-order valence-electron chi connectivity index (χ3n) is 4.51. The van der Waals surface area contributed by atoms with E-state index in [1.807, 2.05) is 12.3 Å². The van der Waals surface area contributed by atoms with E-state index >= 15 is 0 Å². The fraction of sp³-hybridized carbons (Fsp3) is 0.421. The van der Waals surface area contributed by atoms with Gasteiger partial charge in [0.15, 0.2) is 0 Å². The molecule has 110 valence electrons. The number of hydrogen-bond donors (Lipinski definition) is 1. The first-order valence-corrected chi connectivity index (χ1v) is 7.91. The van der Waals surface area contributed by atoms with Crippen molar-refractivity contribution in [3.8, 4) is 0 Å². The summed E-state index contributed by atoms with van der Waals surface area (Å²) in [6.07, 6.45) is 6.61. The monoisotopic (exact) mass is 281 g/mol. The minimum Gasteiger partial charge on any atom is -0.392 e. The first-order valence-electron chi connectivity index (χ1n) is 7.91. The van der Waals surface area contributed by atoms with Crippen LogP contribution in [-0.4, -0.2) is 16.2 Å². The number of hydrogen-bond acceptors (Lipinski definition) is 2. The summed E-state index contributed by atoms with van der Waals surface area (Å²) in [5.74, 6) is 0.208. The second-order valence-electron chi connectivity index (χ2n) is 6.14. The van der Waals surface area contributed by atoms with Gasteiger partial charge in [-0.05, 0) is 56.2 Å². The Labute approximate surface area is 126 Å². The zero-order valence-corrected chi connectivity index (χ0v) is 12.6. The lowest BCUT2D eigenvalue weighted by atomic mass is 9.81. The van der Waals surface area contributed by atoms with Crippen molar-refractivity contribution < 1.29 is 5.11 Å². The summed E-state index contributed by atoms with van der Waals surface area (Å²) in [6.45, 7) is 2.11. The summed E-state index contributed by atoms with van der Waals surface area (Å²) in [4.78, 5) is 4.53. The molecule has 2 nitrogen and oxygen atoms in total. The van der Waals surface area contributed by atoms with Crippen molar-refractivity contribution in [2.75, 3.05) is 0 Å². The van der Waals surface area contributed by atoms with Gasteiger partial charge in [0, 0.05) is 17.8 Å². The van der Waals surface area contributed by atoms with Crippen molar-refractivity contribution in [3.63, 3.8) is 0 Å². The third kappa shape index (κ3) is 3.33. The van der Waals surface area contributed by atoms with E-state index in [-0.39, 0.29) is 12.0 Å². The lowest BCUT2D eigenvalue weighted by Gasteiger charge is -2.28. The molecule has 2 unspecified atom stereocenters. The van der Waals surface area contributed by atoms with Crippen molar-refractivity contribution in [3.05, 3.63) is 65.0 Å². The lowest BCUT2D eigenvalue weighted by Crippen LogP contribution is -2.24. The molecule has 0 saturated heterocycles. The number of aliphatic hydroxyl groups is 1. The second kappa shape index (κ2) is 6.40. The number of benzene rings is 1. The van der Waals surface area contributed by atoms with E-state index in [1.54, 1.807) is 0 Å². The van der Waals surface area contributed by atoms with Crippen molar-refractivity contribution in [1.29, 1.82) is 0 Å². The molecule has 0 spiro atoms. The van der Waals surface area contributed by atoms with Crippen LogP contribution in [0.25, 0.3) is 0 Å². The number of fused-ring (bicyclic) bond motifs is 1. The molecule has 2 heteroatoms. The Morgan fingerprint density at radius 1 is 1.29 bits per heavy atom. The highest BCUT2D eigenvalue weighted by Crippen LogP contribution is 2.33. The van der Waals surface area contributed by atoms with E-state index in [1.165, 1.54) is 16.7 Å². The van der Waals surface area contributed by atoms with Crippen LogP contribution in [0.1, 0.15) is 47.6 Å². The molecule has 1 aliphatic carbocycles. The van der Waals surface area contributed by atoms with E-state index in [4.69, 9.17) is 0 Å². The highest BCUT2D eigenvalue weighted by molar-refractivity contribution is 5.27. The predicted molar refractivity (Wildman–Crippen MR) is 85.4 cm³/mol. The topological polar surface area (TPSA) is 33.1 Å². The number of aliphatic hydroxyl groups excluding tert-OH is 1. The predicted octanol–water partition coefficient (Wildman–Crippen LogP) is 3.80. The summed E-state index contributed by atoms with van der Waals surface area (Å²) < 4.78 is 0. The van der Waals surface area contributed by atoms with Crippen LogP contribution in [0.2, 0.25) is 0 Å². The molecule has 1 N–H and O–H groups in total. The van der Waals surface area contributed by atoms with Gasteiger partial charge < -0.3 is 5.11 Å². The van der Waals surface area contributed by atoms with Crippen molar-refractivity contribution in [2.45, 2.75) is 51.0 Å². The maximum Gasteiger partial charge on any atom is 0.0627 e. The molecule has 1 aliphatic rings. The molecule has 0 aliphatic heterocycles. The van der Waals surface area contributed by atoms with E-state index in [0.717, 1.165) is 37.8 Å². The normalized spacial score (nSPS) is 19.0. The molecule has 1 aromatic heterocycles. The molecule has 21 heavy (non-hydrogen) atoms. The standard InChI is InChI=1S/C19H23NO/c1-14-5-2-6-15(13-14)10-11-18(21)17-9-3-7-16-8-4-12-20-19(16)17/h2,4-6,8,12-13,17-18,21H,3,7,9-11H2,1H3. The van der Waals surface area contributed by atoms with Crippen LogP contribution >= 0.6 is 0 Å². The molecule has 1 aromatic carbocycles. The summed E-state index contributed by atoms with van der Waals surface area (Å²) >= 11 is 0. The molecule has 1 heterocycles. The van der Waals surface area contributed by atoms with Crippen LogP contribution in [0.4, 0.5) is 0 Å². The van der Waals surface area contributed by atoms with Crippen molar-refractivity contribution in [1.82, 2.24) is 4.98 Å². The number of aromatic nitrogens is 1. The van der Waals surface area contributed by atoms with Gasteiger partial charge in [0.05, 0.1) is 6.10 Å². The van der Waals surface area contributed by atoms with E-state index < -0.39 is 0 Å². The van der Waals surface area contributed by atoms with E-state index in [2.05, 4.69) is 42.2 Å². The Kier molecular flexibility index (Phi) is 4.35. The molecule has 3 rings (SSSR count). The lowest BCUT2D eigenvalue weighted by molar-refractivity contribution is 0.123. The maximum atomic E-state index is 10.6. The number of pyridine rings is 1. The fourth-order valence-corrected chi connectivity index (χ4v) is 3.40. The molecule has 0 amide bonds. The molecular weight excluding hydrogens is 258 g/mol. The van der Waals surface area contributed by atoms with Crippen LogP contribution < -0.4 is 0 Å². The summed E-state index contributed by atoms with van der Waals surface area (Å²) in [7, 11) is 0. The Morgan fingerprint density at radius 3 is 3.05 bits per heavy atom. The largest absolute Gasteiger partial charge is 0.392 e. The van der Waals surface area contributed by atoms with Crippen LogP contribution in [0.5, 0.6) is 0 Å². The highest BCUT2D eigenvalue weighted by Gasteiger charge is 2.27. The summed E-state index contributed by atoms with van der Waals surface area (Å²) in [5, 5.41) is 10.6. The molecule has 0 radical (unpaired) electrons. The quantitative estimate of drug-likeness (QED) is 0.924. The molecule has 2 atom stereocenters. The van der Waals surface area contributed by atoms with E-state index in [0.29, 0.717) is 0 Å². The molecule has 0 bridgehead atoms. The SMILES string of the molecule is Cc1cccc(CCC(O)C2CCCc3cccnc32)c1. The molecule has 0 saturated carbocycles. The Morgan fingerprint density at radius 2 is 2.19 bits per heavy atom. The number of rotatable bonds is 4. The third-order valence-corrected chi connectivity index (χ3v) is 4.51. The zero-order valence-electron chi connectivity index (χ0n) is 12.6. The van der Waals surface area contributed by atoms with Gasteiger partial charge in [0.25, 0.3) is 0 Å². The van der Waals surface area contributed by atoms with Crippen molar-refractivity contribution >= 4 is 0 Å². The smallest absolute Gasteiger partial charge is 0.0627 e. The molecule has 2 aromatic rings. The average molecular weight is 281 g/mol. The van der Waals surface area contributed by atoms with Gasteiger partial charge in [-0.3, -0.25) is 4.98 Å². The van der Waals surface area contributed by atoms with Gasteiger partial charge in [0.2, 0.25) is 0 Å². The number of nitrogens with zero attached hydrogens (tertiary/aromatic N) is 1. The van der Waals surface area contributed by atoms with Gasteiger partial charge in [0.1, 0.15) is 0 Å². The minimum atomic E-state index is -0.292. The first kappa shape index (κ1) is 14.3. The van der Waals surface area contributed by atoms with Gasteiger partial charge in [-0.25, -0.2) is 0 Å². The average Bonchev–Trinajstić information content (AvgIpc) is 2.52. The van der Waals surface area contributed by atoms with E-state index in [9.17, 15) is 5.11 Å². The van der Waals surface area contributed by atoms with Crippen LogP contribution in [0.15, 0.2) is 42.6 Å².